The zero-order chi connectivity index (χ0) is 32.2. The fraction of sp³-hybridized carbons (Fsp3) is 0.242. The van der Waals surface area contributed by atoms with Crippen LogP contribution in [0.15, 0.2) is 84.6 Å². The first kappa shape index (κ1) is 32.5. The van der Waals surface area contributed by atoms with E-state index in [2.05, 4.69) is 36.9 Å². The first-order chi connectivity index (χ1) is 21.7. The van der Waals surface area contributed by atoms with E-state index in [4.69, 9.17) is 23.7 Å². The lowest BCUT2D eigenvalue weighted by Crippen LogP contribution is -2.40. The van der Waals surface area contributed by atoms with Gasteiger partial charge < -0.3 is 23.7 Å². The number of ether oxygens (including phenoxy) is 5. The van der Waals surface area contributed by atoms with Gasteiger partial charge in [-0.15, -0.1) is 0 Å². The van der Waals surface area contributed by atoms with Gasteiger partial charge in [0, 0.05) is 14.5 Å². The summed E-state index contributed by atoms with van der Waals surface area (Å²) in [6.07, 6.45) is 1.76. The number of para-hydroxylation sites is 1. The number of methoxy groups -OCH3 is 3. The third-order valence-electron chi connectivity index (χ3n) is 7.13. The summed E-state index contributed by atoms with van der Waals surface area (Å²) in [5.41, 5.74) is 2.61. The maximum Gasteiger partial charge on any atom is 0.338 e. The molecule has 1 atom stereocenters. The van der Waals surface area contributed by atoms with E-state index in [1.54, 1.807) is 45.2 Å². The number of thiazole rings is 1. The highest BCUT2D eigenvalue weighted by atomic mass is 79.9. The van der Waals surface area contributed by atoms with Gasteiger partial charge in [0.05, 0.1) is 49.8 Å². The monoisotopic (exact) mass is 756 g/mol. The highest BCUT2D eigenvalue weighted by molar-refractivity contribution is 9.10. The lowest BCUT2D eigenvalue weighted by atomic mass is 9.95. The molecule has 0 saturated heterocycles. The predicted molar refractivity (Wildman–Crippen MR) is 179 cm³/mol. The molecule has 0 aliphatic carbocycles. The van der Waals surface area contributed by atoms with Crippen LogP contribution in [0.3, 0.4) is 0 Å². The van der Waals surface area contributed by atoms with Crippen LogP contribution in [0.4, 0.5) is 0 Å². The summed E-state index contributed by atoms with van der Waals surface area (Å²) in [4.78, 5) is 32.7. The number of hydrogen-bond donors (Lipinski definition) is 0. The molecule has 3 aromatic carbocycles. The highest BCUT2D eigenvalue weighted by Gasteiger charge is 2.35. The number of carbonyl (C=O) groups is 1. The number of fused-ring (bicyclic) bond motifs is 1. The lowest BCUT2D eigenvalue weighted by Gasteiger charge is -2.26. The lowest BCUT2D eigenvalue weighted by molar-refractivity contribution is -0.139. The Balaban J connectivity index is 1.68. The van der Waals surface area contributed by atoms with Gasteiger partial charge in [0.25, 0.3) is 5.56 Å². The Bertz CT molecular complexity index is 1970. The van der Waals surface area contributed by atoms with Crippen molar-refractivity contribution in [1.82, 2.24) is 4.57 Å². The van der Waals surface area contributed by atoms with Crippen LogP contribution in [-0.4, -0.2) is 38.5 Å². The van der Waals surface area contributed by atoms with E-state index in [0.29, 0.717) is 60.2 Å². The minimum Gasteiger partial charge on any atom is -0.493 e. The molecular formula is C33H30Br2N2O7S. The van der Waals surface area contributed by atoms with Crippen molar-refractivity contribution >= 4 is 55.2 Å². The van der Waals surface area contributed by atoms with E-state index in [1.165, 1.54) is 30.1 Å². The van der Waals surface area contributed by atoms with Crippen LogP contribution >= 0.6 is 43.2 Å². The van der Waals surface area contributed by atoms with Gasteiger partial charge in [0.1, 0.15) is 6.61 Å². The second-order valence-corrected chi connectivity index (χ2v) is 12.6. The van der Waals surface area contributed by atoms with Crippen molar-refractivity contribution < 1.29 is 28.5 Å². The van der Waals surface area contributed by atoms with Gasteiger partial charge in [0.2, 0.25) is 0 Å². The Morgan fingerprint density at radius 3 is 2.36 bits per heavy atom. The highest BCUT2D eigenvalue weighted by Crippen LogP contribution is 2.41. The normalized spacial score (nSPS) is 14.5. The fourth-order valence-corrected chi connectivity index (χ4v) is 6.85. The second-order valence-electron chi connectivity index (χ2n) is 9.82. The molecule has 0 radical (unpaired) electrons. The zero-order valence-corrected chi connectivity index (χ0v) is 29.2. The smallest absolute Gasteiger partial charge is 0.338 e. The minimum absolute atomic E-state index is 0.165. The summed E-state index contributed by atoms with van der Waals surface area (Å²) >= 11 is 8.30. The van der Waals surface area contributed by atoms with Crippen molar-refractivity contribution in [3.63, 3.8) is 0 Å². The molecule has 9 nitrogen and oxygen atoms in total. The molecule has 1 aliphatic rings. The molecule has 0 amide bonds. The van der Waals surface area contributed by atoms with E-state index >= 15 is 0 Å². The van der Waals surface area contributed by atoms with E-state index in [9.17, 15) is 9.59 Å². The maximum absolute atomic E-state index is 14.3. The summed E-state index contributed by atoms with van der Waals surface area (Å²) in [7, 11) is 4.63. The second kappa shape index (κ2) is 14.1. The largest absolute Gasteiger partial charge is 0.493 e. The standard InChI is InChI=1S/C33H30Br2N2O7S/c1-6-43-32(39)28-18(2)36-33-37(29(28)22-15-25(41-4)26(42-5)16-23(22)35)31(38)27(45-33)14-20-8-7-9-24(40-3)30(20)44-17-19-10-12-21(34)13-11-19/h7-16,29H,6,17H2,1-5H3/b27-14-/t29-/m1/s1. The number of halogens is 2. The quantitative estimate of drug-likeness (QED) is 0.185. The molecule has 1 aromatic heterocycles. The van der Waals surface area contributed by atoms with Crippen molar-refractivity contribution in [2.45, 2.75) is 26.5 Å². The van der Waals surface area contributed by atoms with Gasteiger partial charge in [-0.2, -0.15) is 0 Å². The SMILES string of the molecule is CCOC(=O)C1=C(C)N=c2s/c(=C\c3cccc(OC)c3OCc3ccc(Br)cc3)c(=O)n2[C@@H]1c1cc(OC)c(OC)cc1Br. The van der Waals surface area contributed by atoms with Crippen molar-refractivity contribution in [2.24, 2.45) is 4.99 Å². The van der Waals surface area contributed by atoms with Crippen LogP contribution in [0.2, 0.25) is 0 Å². The molecular weight excluding hydrogens is 728 g/mol. The molecule has 5 rings (SSSR count). The van der Waals surface area contributed by atoms with Gasteiger partial charge in [0.15, 0.2) is 27.8 Å². The first-order valence-electron chi connectivity index (χ1n) is 13.9. The van der Waals surface area contributed by atoms with Crippen LogP contribution in [0, 0.1) is 0 Å². The Labute approximate surface area is 280 Å². The Hall–Kier alpha value is -3.87. The summed E-state index contributed by atoms with van der Waals surface area (Å²) in [5.74, 6) is 1.40. The number of benzene rings is 3. The van der Waals surface area contributed by atoms with Gasteiger partial charge in [-0.3, -0.25) is 9.36 Å². The molecule has 234 valence electrons. The summed E-state index contributed by atoms with van der Waals surface area (Å²) in [6, 6.07) is 16.0. The molecule has 0 saturated carbocycles. The van der Waals surface area contributed by atoms with Gasteiger partial charge in [-0.05, 0) is 61.4 Å². The molecule has 45 heavy (non-hydrogen) atoms. The molecule has 4 aromatic rings. The van der Waals surface area contributed by atoms with E-state index in [-0.39, 0.29) is 17.7 Å². The number of nitrogens with zero attached hydrogens (tertiary/aromatic N) is 2. The molecule has 0 fully saturated rings. The number of esters is 1. The molecule has 0 unspecified atom stereocenters. The Morgan fingerprint density at radius 1 is 1.00 bits per heavy atom. The molecule has 12 heteroatoms. The van der Waals surface area contributed by atoms with E-state index in [0.717, 1.165) is 10.0 Å². The summed E-state index contributed by atoms with van der Waals surface area (Å²) in [6.45, 7) is 3.93. The number of aromatic nitrogens is 1. The molecule has 1 aliphatic heterocycles. The summed E-state index contributed by atoms with van der Waals surface area (Å²) < 4.78 is 31.8. The van der Waals surface area contributed by atoms with Gasteiger partial charge >= 0.3 is 5.97 Å². The van der Waals surface area contributed by atoms with Crippen LogP contribution in [0.25, 0.3) is 6.08 Å². The minimum atomic E-state index is -0.852. The summed E-state index contributed by atoms with van der Waals surface area (Å²) in [5, 5.41) is 0. The zero-order valence-electron chi connectivity index (χ0n) is 25.2. The van der Waals surface area contributed by atoms with E-state index in [1.807, 2.05) is 36.4 Å². The molecule has 0 bridgehead atoms. The number of rotatable bonds is 10. The third kappa shape index (κ3) is 6.58. The predicted octanol–water partition coefficient (Wildman–Crippen LogP) is 5.93. The van der Waals surface area contributed by atoms with Crippen molar-refractivity contribution in [2.75, 3.05) is 27.9 Å². The topological polar surface area (TPSA) is 97.6 Å². The average molecular weight is 758 g/mol. The first-order valence-corrected chi connectivity index (χ1v) is 16.3. The van der Waals surface area contributed by atoms with Crippen molar-refractivity contribution in [1.29, 1.82) is 0 Å². The van der Waals surface area contributed by atoms with Crippen molar-refractivity contribution in [3.05, 3.63) is 111 Å². The van der Waals surface area contributed by atoms with Crippen LogP contribution in [0.5, 0.6) is 23.0 Å². The fourth-order valence-electron chi connectivity index (χ4n) is 5.00. The number of hydrogen-bond acceptors (Lipinski definition) is 9. The van der Waals surface area contributed by atoms with E-state index < -0.39 is 12.0 Å². The van der Waals surface area contributed by atoms with Gasteiger partial charge in [-0.1, -0.05) is 67.5 Å². The third-order valence-corrected chi connectivity index (χ3v) is 9.33. The molecule has 0 spiro atoms. The van der Waals surface area contributed by atoms with Crippen molar-refractivity contribution in [3.8, 4) is 23.0 Å². The Morgan fingerprint density at radius 2 is 1.69 bits per heavy atom. The molecule has 0 N–H and O–H groups in total. The number of carbonyl (C=O) groups excluding carboxylic acids is 1. The van der Waals surface area contributed by atoms with Crippen LogP contribution < -0.4 is 33.8 Å². The molecule has 2 heterocycles. The van der Waals surface area contributed by atoms with Crippen LogP contribution in [0.1, 0.15) is 36.6 Å². The van der Waals surface area contributed by atoms with Crippen LogP contribution in [-0.2, 0) is 16.1 Å². The maximum atomic E-state index is 14.3. The number of allylic oxidation sites excluding steroid dienone is 1. The Kier molecular flexibility index (Phi) is 10.2. The average Bonchev–Trinajstić information content (AvgIpc) is 3.34. The van der Waals surface area contributed by atoms with Gasteiger partial charge in [-0.25, -0.2) is 9.79 Å².